The van der Waals surface area contributed by atoms with E-state index in [0.29, 0.717) is 5.92 Å². The first-order valence-corrected chi connectivity index (χ1v) is 6.22. The molecule has 1 atom stereocenters. The number of esters is 1. The lowest BCUT2D eigenvalue weighted by atomic mass is 9.65. The fourth-order valence-electron chi connectivity index (χ4n) is 2.95. The number of carbonyl (C=O) groups is 1. The van der Waals surface area contributed by atoms with Crippen molar-refractivity contribution in [1.82, 2.24) is 0 Å². The summed E-state index contributed by atoms with van der Waals surface area (Å²) < 4.78 is 5.53. The summed E-state index contributed by atoms with van der Waals surface area (Å²) in [5, 5.41) is 0. The van der Waals surface area contributed by atoms with Gasteiger partial charge >= 0.3 is 5.97 Å². The van der Waals surface area contributed by atoms with Gasteiger partial charge in [0.05, 0.1) is 5.41 Å². The molecule has 1 unspecified atom stereocenters. The number of rotatable bonds is 2. The van der Waals surface area contributed by atoms with E-state index in [9.17, 15) is 4.79 Å². The molecule has 0 aromatic carbocycles. The van der Waals surface area contributed by atoms with E-state index in [1.807, 2.05) is 13.8 Å². The Morgan fingerprint density at radius 2 is 1.81 bits per heavy atom. The van der Waals surface area contributed by atoms with Crippen molar-refractivity contribution in [3.63, 3.8) is 0 Å². The van der Waals surface area contributed by atoms with Crippen molar-refractivity contribution >= 4 is 5.97 Å². The lowest BCUT2D eigenvalue weighted by Gasteiger charge is -2.35. The molecular weight excluding hydrogens is 200 g/mol. The Kier molecular flexibility index (Phi) is 3.17. The predicted octanol–water partition coefficient (Wildman–Crippen LogP) is 3.79. The maximum atomic E-state index is 12.2. The summed E-state index contributed by atoms with van der Waals surface area (Å²) in [7, 11) is 0. The third-order valence-electron chi connectivity index (χ3n) is 3.47. The second-order valence-corrected chi connectivity index (χ2v) is 7.37. The van der Waals surface area contributed by atoms with Crippen molar-refractivity contribution in [3.05, 3.63) is 0 Å². The van der Waals surface area contributed by atoms with Crippen molar-refractivity contribution in [2.24, 2.45) is 16.7 Å². The lowest BCUT2D eigenvalue weighted by Crippen LogP contribution is -2.36. The molecule has 1 rings (SSSR count). The van der Waals surface area contributed by atoms with Gasteiger partial charge in [-0.2, -0.15) is 0 Å². The summed E-state index contributed by atoms with van der Waals surface area (Å²) in [4.78, 5) is 12.2. The molecule has 2 heteroatoms. The average Bonchev–Trinajstić information content (AvgIpc) is 2.18. The van der Waals surface area contributed by atoms with Crippen molar-refractivity contribution in [3.8, 4) is 0 Å². The van der Waals surface area contributed by atoms with Crippen LogP contribution >= 0.6 is 0 Å². The molecule has 2 nitrogen and oxygen atoms in total. The van der Waals surface area contributed by atoms with Crippen LogP contribution < -0.4 is 0 Å². The number of cyclic esters (lactones) is 1. The Labute approximate surface area is 99.8 Å². The summed E-state index contributed by atoms with van der Waals surface area (Å²) in [6.45, 7) is 14.9. The quantitative estimate of drug-likeness (QED) is 0.670. The van der Waals surface area contributed by atoms with Crippen molar-refractivity contribution in [2.75, 3.05) is 0 Å². The average molecular weight is 226 g/mol. The molecule has 0 amide bonds. The summed E-state index contributed by atoms with van der Waals surface area (Å²) in [5.74, 6) is 0.337. The van der Waals surface area contributed by atoms with Crippen LogP contribution in [0.1, 0.15) is 61.3 Å². The van der Waals surface area contributed by atoms with E-state index in [1.165, 1.54) is 0 Å². The van der Waals surface area contributed by atoms with Gasteiger partial charge in [0.1, 0.15) is 5.60 Å². The molecule has 0 bridgehead atoms. The normalized spacial score (nSPS) is 29.6. The summed E-state index contributed by atoms with van der Waals surface area (Å²) in [6.07, 6.45) is 1.74. The third kappa shape index (κ3) is 2.58. The molecule has 1 saturated heterocycles. The van der Waals surface area contributed by atoms with Crippen LogP contribution in [0.5, 0.6) is 0 Å². The van der Waals surface area contributed by atoms with Gasteiger partial charge in [0, 0.05) is 6.42 Å². The highest BCUT2D eigenvalue weighted by Crippen LogP contribution is 2.51. The van der Waals surface area contributed by atoms with Crippen LogP contribution in [0.3, 0.4) is 0 Å². The predicted molar refractivity (Wildman–Crippen MR) is 66.1 cm³/mol. The van der Waals surface area contributed by atoms with Gasteiger partial charge in [0.15, 0.2) is 0 Å². The number of hydrogen-bond donors (Lipinski definition) is 0. The molecule has 0 radical (unpaired) electrons. The minimum Gasteiger partial charge on any atom is -0.459 e. The molecule has 0 spiro atoms. The molecule has 1 aliphatic rings. The van der Waals surface area contributed by atoms with Crippen molar-refractivity contribution in [2.45, 2.75) is 66.9 Å². The van der Waals surface area contributed by atoms with Gasteiger partial charge in [-0.3, -0.25) is 4.79 Å². The molecule has 1 fully saturated rings. The van der Waals surface area contributed by atoms with E-state index in [0.717, 1.165) is 12.8 Å². The highest BCUT2D eigenvalue weighted by atomic mass is 16.6. The molecule has 16 heavy (non-hydrogen) atoms. The molecule has 0 saturated carbocycles. The van der Waals surface area contributed by atoms with Gasteiger partial charge in [0.25, 0.3) is 0 Å². The van der Waals surface area contributed by atoms with E-state index in [1.54, 1.807) is 0 Å². The fourth-order valence-corrected chi connectivity index (χ4v) is 2.95. The maximum absolute atomic E-state index is 12.2. The number of ether oxygens (including phenoxy) is 1. The van der Waals surface area contributed by atoms with Gasteiger partial charge in [-0.25, -0.2) is 0 Å². The standard InChI is InChI=1S/C14H26O2/c1-10(2)14(8-12(3,4)5)9-13(6,7)16-11(14)15/h10H,8-9H2,1-7H3. The Morgan fingerprint density at radius 1 is 1.31 bits per heavy atom. The first kappa shape index (κ1) is 13.5. The van der Waals surface area contributed by atoms with E-state index >= 15 is 0 Å². The van der Waals surface area contributed by atoms with Crippen LogP contribution in [0.4, 0.5) is 0 Å². The van der Waals surface area contributed by atoms with E-state index in [-0.39, 0.29) is 22.4 Å². The maximum Gasteiger partial charge on any atom is 0.313 e. The summed E-state index contributed by atoms with van der Waals surface area (Å²) in [6, 6.07) is 0. The van der Waals surface area contributed by atoms with Crippen LogP contribution in [0.2, 0.25) is 0 Å². The zero-order valence-corrected chi connectivity index (χ0v) is 11.8. The molecule has 0 aromatic heterocycles. The zero-order chi connectivity index (χ0) is 12.8. The smallest absolute Gasteiger partial charge is 0.313 e. The molecule has 94 valence electrons. The molecule has 0 aromatic rings. The van der Waals surface area contributed by atoms with Crippen molar-refractivity contribution in [1.29, 1.82) is 0 Å². The minimum absolute atomic E-state index is 0.00225. The van der Waals surface area contributed by atoms with Crippen molar-refractivity contribution < 1.29 is 9.53 Å². The van der Waals surface area contributed by atoms with Gasteiger partial charge in [-0.1, -0.05) is 34.6 Å². The zero-order valence-electron chi connectivity index (χ0n) is 11.8. The van der Waals surface area contributed by atoms with E-state index < -0.39 is 0 Å². The van der Waals surface area contributed by atoms with Crippen LogP contribution in [0, 0.1) is 16.7 Å². The molecular formula is C14H26O2. The SMILES string of the molecule is CC(C)C1(CC(C)(C)C)CC(C)(C)OC1=O. The monoisotopic (exact) mass is 226 g/mol. The topological polar surface area (TPSA) is 26.3 Å². The van der Waals surface area contributed by atoms with Crippen LogP contribution in [-0.4, -0.2) is 11.6 Å². The molecule has 1 heterocycles. The van der Waals surface area contributed by atoms with E-state index in [4.69, 9.17) is 4.74 Å². The Hall–Kier alpha value is -0.530. The lowest BCUT2D eigenvalue weighted by molar-refractivity contribution is -0.155. The summed E-state index contributed by atoms with van der Waals surface area (Å²) in [5.41, 5.74) is -0.432. The number of hydrogen-bond acceptors (Lipinski definition) is 2. The fraction of sp³-hybridized carbons (Fsp3) is 0.929. The van der Waals surface area contributed by atoms with Gasteiger partial charge in [0.2, 0.25) is 0 Å². The molecule has 0 N–H and O–H groups in total. The first-order valence-electron chi connectivity index (χ1n) is 6.22. The van der Waals surface area contributed by atoms with Gasteiger partial charge in [-0.15, -0.1) is 0 Å². The highest BCUT2D eigenvalue weighted by Gasteiger charge is 2.55. The van der Waals surface area contributed by atoms with Crippen LogP contribution in [0.15, 0.2) is 0 Å². The second kappa shape index (κ2) is 3.75. The molecule has 1 aliphatic heterocycles. The van der Waals surface area contributed by atoms with Crippen LogP contribution in [0.25, 0.3) is 0 Å². The first-order chi connectivity index (χ1) is 6.99. The molecule has 0 aliphatic carbocycles. The largest absolute Gasteiger partial charge is 0.459 e. The highest BCUT2D eigenvalue weighted by molar-refractivity contribution is 5.80. The Balaban J connectivity index is 3.04. The Morgan fingerprint density at radius 3 is 2.06 bits per heavy atom. The van der Waals surface area contributed by atoms with E-state index in [2.05, 4.69) is 34.6 Å². The summed E-state index contributed by atoms with van der Waals surface area (Å²) >= 11 is 0. The van der Waals surface area contributed by atoms with Gasteiger partial charge < -0.3 is 4.74 Å². The Bertz CT molecular complexity index is 284. The minimum atomic E-state index is -0.299. The third-order valence-corrected chi connectivity index (χ3v) is 3.47. The van der Waals surface area contributed by atoms with Crippen LogP contribution in [-0.2, 0) is 9.53 Å². The van der Waals surface area contributed by atoms with Gasteiger partial charge in [-0.05, 0) is 31.6 Å². The number of carbonyl (C=O) groups excluding carboxylic acids is 1. The second-order valence-electron chi connectivity index (χ2n) is 7.37.